The summed E-state index contributed by atoms with van der Waals surface area (Å²) in [6.45, 7) is 3.34. The highest BCUT2D eigenvalue weighted by atomic mass is 31.2. The van der Waals surface area contributed by atoms with Crippen LogP contribution in [0.4, 0.5) is 5.82 Å². The zero-order valence-corrected chi connectivity index (χ0v) is 19.9. The van der Waals surface area contributed by atoms with Gasteiger partial charge in [-0.1, -0.05) is 26.7 Å². The molecule has 0 radical (unpaired) electrons. The molecule has 0 saturated carbocycles. The summed E-state index contributed by atoms with van der Waals surface area (Å²) < 4.78 is 51.3. The second-order valence-electron chi connectivity index (χ2n) is 7.16. The molecule has 32 heavy (non-hydrogen) atoms. The number of hydrogen-bond donors (Lipinski definition) is 3. The molecule has 0 amide bonds. The summed E-state index contributed by atoms with van der Waals surface area (Å²) in [6, 6.07) is 1.39. The fourth-order valence-corrected chi connectivity index (χ4v) is 4.59. The second-order valence-corrected chi connectivity index (χ2v) is 10.0. The van der Waals surface area contributed by atoms with E-state index in [0.29, 0.717) is 12.8 Å². The lowest BCUT2D eigenvalue weighted by Gasteiger charge is -2.22. The zero-order chi connectivity index (χ0) is 23.8. The van der Waals surface area contributed by atoms with Crippen molar-refractivity contribution in [3.05, 3.63) is 22.7 Å². The summed E-state index contributed by atoms with van der Waals surface area (Å²) in [4.78, 5) is 35.6. The molecular formula is C17H31N3O10P2. The Balaban J connectivity index is 2.12. The average Bonchev–Trinajstić information content (AvgIpc) is 3.08. The van der Waals surface area contributed by atoms with E-state index in [0.717, 1.165) is 17.4 Å². The van der Waals surface area contributed by atoms with Crippen molar-refractivity contribution < 1.29 is 41.7 Å². The first-order valence-corrected chi connectivity index (χ1v) is 13.3. The van der Waals surface area contributed by atoms with E-state index in [-0.39, 0.29) is 25.5 Å². The molecule has 1 aliphatic rings. The number of phosphoric acid groups is 2. The number of nitrogens with two attached hydrogens (primary N) is 1. The van der Waals surface area contributed by atoms with Gasteiger partial charge in [-0.05, 0) is 18.9 Å². The molecule has 0 spiro atoms. The smallest absolute Gasteiger partial charge is 0.383 e. The standard InChI is InChI=1S/C17H31N3O10P2/c1-3-5-9-26-31(22,23)28-12-14-13(30-32(24,25)27-10-6-4-2)11-16(29-14)20-8-7-15(18)19-17(20)21/h7-8,13-14,16H,3-6,9-12H2,1-2H3,(H,22,23)(H,24,25)(H2,18,19,21)/t13-,14-,16-/m1/s1. The van der Waals surface area contributed by atoms with E-state index in [2.05, 4.69) is 4.98 Å². The number of aromatic nitrogens is 2. The van der Waals surface area contributed by atoms with Crippen LogP contribution in [0.25, 0.3) is 0 Å². The van der Waals surface area contributed by atoms with Crippen molar-refractivity contribution in [1.29, 1.82) is 0 Å². The fourth-order valence-electron chi connectivity index (χ4n) is 2.83. The number of unbranched alkanes of at least 4 members (excludes halogenated alkanes) is 2. The third kappa shape index (κ3) is 8.66. The van der Waals surface area contributed by atoms with Crippen LogP contribution in [0.2, 0.25) is 0 Å². The van der Waals surface area contributed by atoms with Crippen LogP contribution in [0.5, 0.6) is 0 Å². The van der Waals surface area contributed by atoms with Crippen molar-refractivity contribution >= 4 is 21.5 Å². The Hall–Kier alpha value is -1.14. The lowest BCUT2D eigenvalue weighted by molar-refractivity contribution is -0.0468. The van der Waals surface area contributed by atoms with Crippen molar-refractivity contribution in [2.24, 2.45) is 0 Å². The summed E-state index contributed by atoms with van der Waals surface area (Å²) in [7, 11) is -8.83. The van der Waals surface area contributed by atoms with Crippen LogP contribution in [0.3, 0.4) is 0 Å². The van der Waals surface area contributed by atoms with Gasteiger partial charge in [-0.3, -0.25) is 22.7 Å². The van der Waals surface area contributed by atoms with Crippen molar-refractivity contribution in [3.63, 3.8) is 0 Å². The number of nitrogens with zero attached hydrogens (tertiary/aromatic N) is 2. The number of hydrogen-bond acceptors (Lipinski definition) is 10. The average molecular weight is 499 g/mol. The maximum atomic E-state index is 12.3. The minimum atomic E-state index is -4.45. The van der Waals surface area contributed by atoms with Gasteiger partial charge >= 0.3 is 21.3 Å². The van der Waals surface area contributed by atoms with Crippen LogP contribution >= 0.6 is 15.6 Å². The van der Waals surface area contributed by atoms with E-state index in [1.807, 2.05) is 13.8 Å². The first-order chi connectivity index (χ1) is 15.1. The molecule has 2 unspecified atom stereocenters. The molecular weight excluding hydrogens is 468 g/mol. The molecule has 13 nitrogen and oxygen atoms in total. The molecule has 1 fully saturated rings. The number of nitrogen functional groups attached to an aromatic ring is 1. The summed E-state index contributed by atoms with van der Waals surface area (Å²) in [5.41, 5.74) is 4.80. The third-order valence-electron chi connectivity index (χ3n) is 4.52. The molecule has 1 aromatic heterocycles. The molecule has 0 bridgehead atoms. The highest BCUT2D eigenvalue weighted by molar-refractivity contribution is 7.47. The van der Waals surface area contributed by atoms with Gasteiger partial charge in [-0.25, -0.2) is 13.9 Å². The van der Waals surface area contributed by atoms with Crippen LogP contribution in [-0.2, 0) is 32.0 Å². The van der Waals surface area contributed by atoms with Gasteiger partial charge in [0.25, 0.3) is 0 Å². The molecule has 5 atom stereocenters. The zero-order valence-electron chi connectivity index (χ0n) is 18.1. The van der Waals surface area contributed by atoms with Gasteiger partial charge in [0.15, 0.2) is 0 Å². The van der Waals surface area contributed by atoms with Crippen LogP contribution in [0, 0.1) is 0 Å². The lowest BCUT2D eigenvalue weighted by atomic mass is 10.2. The number of ether oxygens (including phenoxy) is 1. The summed E-state index contributed by atoms with van der Waals surface area (Å²) in [6.07, 6.45) is 0.845. The van der Waals surface area contributed by atoms with E-state index in [1.165, 1.54) is 12.3 Å². The maximum absolute atomic E-state index is 12.3. The van der Waals surface area contributed by atoms with E-state index >= 15 is 0 Å². The quantitative estimate of drug-likeness (QED) is 0.251. The Labute approximate surface area is 186 Å². The molecule has 1 aromatic rings. The molecule has 0 aromatic carbocycles. The van der Waals surface area contributed by atoms with E-state index < -0.39 is 46.4 Å². The van der Waals surface area contributed by atoms with Crippen LogP contribution in [-0.4, -0.2) is 51.4 Å². The molecule has 184 valence electrons. The second kappa shape index (κ2) is 12.4. The fraction of sp³-hybridized carbons (Fsp3) is 0.765. The summed E-state index contributed by atoms with van der Waals surface area (Å²) in [5.74, 6) is 0.0200. The predicted molar refractivity (Wildman–Crippen MR) is 114 cm³/mol. The molecule has 2 heterocycles. The maximum Gasteiger partial charge on any atom is 0.472 e. The predicted octanol–water partition coefficient (Wildman–Crippen LogP) is 2.35. The molecule has 15 heteroatoms. The highest BCUT2D eigenvalue weighted by Gasteiger charge is 2.43. The SMILES string of the molecule is CCCCOP(=O)(O)OC[C@H]1O[C@@H](n2ccc(N)nc2=O)C[C@H]1OP(=O)(O)OCCCC. The number of anilines is 1. The Morgan fingerprint density at radius 1 is 1.16 bits per heavy atom. The molecule has 2 rings (SSSR count). The van der Waals surface area contributed by atoms with Crippen LogP contribution < -0.4 is 11.4 Å². The van der Waals surface area contributed by atoms with Gasteiger partial charge in [0, 0.05) is 12.6 Å². The molecule has 0 aliphatic carbocycles. The Kier molecular flexibility index (Phi) is 10.5. The molecule has 4 N–H and O–H groups in total. The number of rotatable bonds is 14. The minimum Gasteiger partial charge on any atom is -0.383 e. The number of phosphoric ester groups is 2. The van der Waals surface area contributed by atoms with E-state index in [4.69, 9.17) is 28.6 Å². The van der Waals surface area contributed by atoms with Gasteiger partial charge in [0.1, 0.15) is 24.3 Å². The highest BCUT2D eigenvalue weighted by Crippen LogP contribution is 2.49. The monoisotopic (exact) mass is 499 g/mol. The van der Waals surface area contributed by atoms with E-state index in [1.54, 1.807) is 0 Å². The summed E-state index contributed by atoms with van der Waals surface area (Å²) >= 11 is 0. The largest absolute Gasteiger partial charge is 0.472 e. The Bertz CT molecular complexity index is 882. The van der Waals surface area contributed by atoms with Gasteiger partial charge in [0.05, 0.1) is 19.8 Å². The normalized spacial score (nSPS) is 24.8. The van der Waals surface area contributed by atoms with Crippen molar-refractivity contribution in [2.75, 3.05) is 25.6 Å². The van der Waals surface area contributed by atoms with Crippen molar-refractivity contribution in [2.45, 2.75) is 64.4 Å². The Morgan fingerprint density at radius 3 is 2.38 bits per heavy atom. The van der Waals surface area contributed by atoms with Gasteiger partial charge in [0.2, 0.25) is 0 Å². The minimum absolute atomic E-state index is 0.0148. The molecule has 1 aliphatic heterocycles. The van der Waals surface area contributed by atoms with Crippen molar-refractivity contribution in [3.8, 4) is 0 Å². The summed E-state index contributed by atoms with van der Waals surface area (Å²) in [5, 5.41) is 0. The first-order valence-electron chi connectivity index (χ1n) is 10.3. The third-order valence-corrected chi connectivity index (χ3v) is 6.55. The van der Waals surface area contributed by atoms with Gasteiger partial charge < -0.3 is 20.3 Å². The van der Waals surface area contributed by atoms with Crippen molar-refractivity contribution in [1.82, 2.24) is 9.55 Å². The first kappa shape index (κ1) is 27.1. The topological polar surface area (TPSA) is 182 Å². The lowest BCUT2D eigenvalue weighted by Crippen LogP contribution is -2.29. The molecule has 1 saturated heterocycles. The van der Waals surface area contributed by atoms with Gasteiger partial charge in [-0.15, -0.1) is 0 Å². The Morgan fingerprint density at radius 2 is 1.78 bits per heavy atom. The van der Waals surface area contributed by atoms with E-state index in [9.17, 15) is 23.7 Å². The van der Waals surface area contributed by atoms with Gasteiger partial charge in [-0.2, -0.15) is 4.98 Å². The van der Waals surface area contributed by atoms with Crippen LogP contribution in [0.1, 0.15) is 52.2 Å². The van der Waals surface area contributed by atoms with Crippen LogP contribution in [0.15, 0.2) is 17.1 Å².